The second-order valence-corrected chi connectivity index (χ2v) is 5.32. The molecule has 6 heteroatoms. The summed E-state index contributed by atoms with van der Waals surface area (Å²) in [5.41, 5.74) is 2.37. The number of amidine groups is 1. The molecule has 1 aromatic rings. The van der Waals surface area contributed by atoms with E-state index in [1.165, 1.54) is 25.3 Å². The second kappa shape index (κ2) is 9.94. The Hall–Kier alpha value is 0.120. The molecule has 0 fully saturated rings. The molecule has 0 bridgehead atoms. The van der Waals surface area contributed by atoms with E-state index in [4.69, 9.17) is 0 Å². The van der Waals surface area contributed by atoms with E-state index in [0.717, 1.165) is 16.6 Å². The van der Waals surface area contributed by atoms with Crippen LogP contribution in [0.1, 0.15) is 13.8 Å². The van der Waals surface area contributed by atoms with E-state index in [1.54, 1.807) is 4.90 Å². The number of aliphatic imine (C=N–C) groups is 1. The minimum Gasteiger partial charge on any atom is -1.00 e. The summed E-state index contributed by atoms with van der Waals surface area (Å²) in [7, 11) is 0. The van der Waals surface area contributed by atoms with Crippen LogP contribution >= 0.6 is 11.8 Å². The summed E-state index contributed by atoms with van der Waals surface area (Å²) in [6, 6.07) is 8.32. The van der Waals surface area contributed by atoms with Gasteiger partial charge < -0.3 is 38.9 Å². The Balaban J connectivity index is 0.00000162. The highest BCUT2D eigenvalue weighted by molar-refractivity contribution is 8.13. The van der Waals surface area contributed by atoms with E-state index in [0.29, 0.717) is 0 Å². The maximum atomic E-state index is 4.61. The molecular weight excluding hydrogens is 390 g/mol. The van der Waals surface area contributed by atoms with Gasteiger partial charge in [-0.15, -0.1) is 0 Å². The Bertz CT molecular complexity index is 409. The third-order valence-electron chi connectivity index (χ3n) is 3.15. The van der Waals surface area contributed by atoms with E-state index in [1.807, 2.05) is 17.8 Å². The molecule has 19 heavy (non-hydrogen) atoms. The molecule has 0 amide bonds. The van der Waals surface area contributed by atoms with Gasteiger partial charge in [0.15, 0.2) is 5.69 Å². The molecule has 2 rings (SSSR count). The van der Waals surface area contributed by atoms with Crippen LogP contribution in [0.15, 0.2) is 29.3 Å². The zero-order valence-corrected chi connectivity index (χ0v) is 15.3. The van der Waals surface area contributed by atoms with E-state index >= 15 is 0 Å². The van der Waals surface area contributed by atoms with Crippen molar-refractivity contribution in [2.45, 2.75) is 13.8 Å². The predicted octanol–water partition coefficient (Wildman–Crippen LogP) is -5.45. The van der Waals surface area contributed by atoms with Crippen LogP contribution in [-0.2, 0) is 0 Å². The first-order chi connectivity index (χ1) is 8.33. The van der Waals surface area contributed by atoms with Crippen LogP contribution in [0.5, 0.6) is 0 Å². The molecule has 3 nitrogen and oxygen atoms in total. The van der Waals surface area contributed by atoms with E-state index in [9.17, 15) is 0 Å². The Labute approximate surface area is 140 Å². The lowest BCUT2D eigenvalue weighted by atomic mass is 10.3. The Morgan fingerprint density at radius 3 is 2.47 bits per heavy atom. The number of halogens is 2. The summed E-state index contributed by atoms with van der Waals surface area (Å²) < 4.78 is 0. The molecule has 1 aromatic carbocycles. The third-order valence-corrected chi connectivity index (χ3v) is 4.07. The molecule has 0 aliphatic carbocycles. The number of nitrogens with two attached hydrogens (primary N) is 1. The minimum atomic E-state index is 0. The van der Waals surface area contributed by atoms with Gasteiger partial charge in [0.2, 0.25) is 0 Å². The Morgan fingerprint density at radius 2 is 1.84 bits per heavy atom. The SMILES string of the molecule is CC[NH+](CC)CCSC1=Nc2ccccc2[NH2+]1.[Br-].[Br-]. The molecular formula is C13H21Br2N3S. The van der Waals surface area contributed by atoms with Gasteiger partial charge in [0, 0.05) is 6.07 Å². The van der Waals surface area contributed by atoms with Gasteiger partial charge in [0.1, 0.15) is 5.69 Å². The van der Waals surface area contributed by atoms with Gasteiger partial charge in [0.05, 0.1) is 25.4 Å². The van der Waals surface area contributed by atoms with E-state index in [2.05, 4.69) is 42.4 Å². The fourth-order valence-electron chi connectivity index (χ4n) is 1.97. The number of rotatable bonds is 5. The molecule has 1 aliphatic heterocycles. The van der Waals surface area contributed by atoms with Crippen LogP contribution in [0, 0.1) is 0 Å². The molecule has 0 radical (unpaired) electrons. The highest BCUT2D eigenvalue weighted by Gasteiger charge is 2.19. The number of fused-ring (bicyclic) bond motifs is 1. The molecule has 0 spiro atoms. The lowest BCUT2D eigenvalue weighted by molar-refractivity contribution is -0.893. The molecule has 0 atom stereocenters. The normalized spacial score (nSPS) is 12.5. The maximum absolute atomic E-state index is 4.61. The molecule has 108 valence electrons. The van der Waals surface area contributed by atoms with Gasteiger partial charge in [-0.1, -0.05) is 12.1 Å². The largest absolute Gasteiger partial charge is 1.00 e. The summed E-state index contributed by atoms with van der Waals surface area (Å²) >= 11 is 1.87. The number of thioether (sulfide) groups is 1. The first kappa shape index (κ1) is 19.1. The van der Waals surface area contributed by atoms with Gasteiger partial charge in [-0.05, 0) is 31.7 Å². The number of nitrogens with zero attached hydrogens (tertiary/aromatic N) is 1. The van der Waals surface area contributed by atoms with Crippen LogP contribution in [0.25, 0.3) is 0 Å². The molecule has 0 saturated heterocycles. The topological polar surface area (TPSA) is 33.4 Å². The molecule has 0 unspecified atom stereocenters. The highest BCUT2D eigenvalue weighted by atomic mass is 79.9. The number of benzene rings is 1. The fraction of sp³-hybridized carbons (Fsp3) is 0.462. The quantitative estimate of drug-likeness (QED) is 0.467. The number of para-hydroxylation sites is 2. The van der Waals surface area contributed by atoms with Crippen molar-refractivity contribution in [3.05, 3.63) is 24.3 Å². The number of hydrogen-bond acceptors (Lipinski definition) is 2. The monoisotopic (exact) mass is 409 g/mol. The van der Waals surface area contributed by atoms with Gasteiger partial charge in [-0.2, -0.15) is 4.99 Å². The zero-order valence-electron chi connectivity index (χ0n) is 11.3. The summed E-state index contributed by atoms with van der Waals surface area (Å²) in [6.45, 7) is 8.15. The summed E-state index contributed by atoms with van der Waals surface area (Å²) in [5.74, 6) is 1.15. The van der Waals surface area contributed by atoms with Crippen LogP contribution < -0.4 is 44.2 Å². The van der Waals surface area contributed by atoms with Crippen molar-refractivity contribution in [1.82, 2.24) is 0 Å². The van der Waals surface area contributed by atoms with Crippen molar-refractivity contribution < 1.29 is 44.2 Å². The van der Waals surface area contributed by atoms with Crippen molar-refractivity contribution in [3.63, 3.8) is 0 Å². The van der Waals surface area contributed by atoms with Crippen LogP contribution in [-0.4, -0.2) is 30.6 Å². The van der Waals surface area contributed by atoms with Gasteiger partial charge in [-0.25, -0.2) is 0 Å². The zero-order chi connectivity index (χ0) is 12.1. The standard InChI is InChI=1S/C13H19N3S.2BrH/c1-3-16(4-2)9-10-17-13-14-11-7-5-6-8-12(11)15-13;;/h5-8H,3-4,9-10H2,1-2H3,(H,14,15);2*1H. The van der Waals surface area contributed by atoms with Crippen LogP contribution in [0.4, 0.5) is 11.4 Å². The van der Waals surface area contributed by atoms with Crippen LogP contribution in [0.3, 0.4) is 0 Å². The van der Waals surface area contributed by atoms with Crippen molar-refractivity contribution in [2.24, 2.45) is 4.99 Å². The number of quaternary nitrogens is 2. The first-order valence-corrected chi connectivity index (χ1v) is 7.31. The fourth-order valence-corrected chi connectivity index (χ4v) is 2.95. The van der Waals surface area contributed by atoms with Crippen molar-refractivity contribution in [3.8, 4) is 0 Å². The lowest BCUT2D eigenvalue weighted by Crippen LogP contribution is -3.11. The second-order valence-electron chi connectivity index (χ2n) is 4.21. The van der Waals surface area contributed by atoms with E-state index in [-0.39, 0.29) is 34.0 Å². The molecule has 3 N–H and O–H groups in total. The third kappa shape index (κ3) is 5.55. The smallest absolute Gasteiger partial charge is 0.266 e. The van der Waals surface area contributed by atoms with Crippen molar-refractivity contribution >= 4 is 28.3 Å². The highest BCUT2D eigenvalue weighted by Crippen LogP contribution is 2.24. The molecule has 0 saturated carbocycles. The summed E-state index contributed by atoms with van der Waals surface area (Å²) in [6.07, 6.45) is 0. The van der Waals surface area contributed by atoms with Crippen molar-refractivity contribution in [1.29, 1.82) is 0 Å². The van der Waals surface area contributed by atoms with Gasteiger partial charge in [0.25, 0.3) is 5.17 Å². The minimum absolute atomic E-state index is 0. The molecule has 1 aliphatic rings. The summed E-state index contributed by atoms with van der Waals surface area (Å²) in [5, 5.41) is 3.36. The average molecular weight is 411 g/mol. The maximum Gasteiger partial charge on any atom is 0.266 e. The Morgan fingerprint density at radius 1 is 1.16 bits per heavy atom. The lowest BCUT2D eigenvalue weighted by Gasteiger charge is -2.13. The molecule has 0 aromatic heterocycles. The summed E-state index contributed by atoms with van der Waals surface area (Å²) in [4.78, 5) is 6.28. The predicted molar refractivity (Wildman–Crippen MR) is 74.5 cm³/mol. The van der Waals surface area contributed by atoms with Crippen molar-refractivity contribution in [2.75, 3.05) is 25.4 Å². The Kier molecular flexibility index (Phi) is 10.00. The molecule has 1 heterocycles. The van der Waals surface area contributed by atoms with Gasteiger partial charge in [-0.3, -0.25) is 5.32 Å². The van der Waals surface area contributed by atoms with Crippen LogP contribution in [0.2, 0.25) is 0 Å². The first-order valence-electron chi connectivity index (χ1n) is 6.32. The number of hydrogen-bond donors (Lipinski definition) is 2. The number of nitrogens with one attached hydrogen (secondary N) is 1. The average Bonchev–Trinajstić information content (AvgIpc) is 2.77. The van der Waals surface area contributed by atoms with E-state index < -0.39 is 0 Å². The van der Waals surface area contributed by atoms with Gasteiger partial charge >= 0.3 is 0 Å².